The van der Waals surface area contributed by atoms with E-state index in [-0.39, 0.29) is 0 Å². The van der Waals surface area contributed by atoms with Crippen LogP contribution in [-0.4, -0.2) is 39.9 Å². The second kappa shape index (κ2) is 16.9. The first-order valence-electron chi connectivity index (χ1n) is 12.0. The van der Waals surface area contributed by atoms with Crippen LogP contribution in [0, 0.1) is 13.8 Å². The smallest absolute Gasteiger partial charge is 0.225 e. The Hall–Kier alpha value is -3.67. The number of benzene rings is 1. The predicted molar refractivity (Wildman–Crippen MR) is 151 cm³/mol. The minimum Gasteiger partial charge on any atom is -0.497 e. The van der Waals surface area contributed by atoms with Crippen LogP contribution in [0.15, 0.2) is 84.4 Å². The molecule has 1 heterocycles. The van der Waals surface area contributed by atoms with Gasteiger partial charge in [-0.25, -0.2) is 4.99 Å². The standard InChI is InChI=1S/C21H31N5O.C8H10/c1-6-9-12-18(27-5)13-10-11-15-26(14-7-2)20(8-3)17(4)24-19-16-23-25-21(19)22;1-7-3-5-8(2)6-4-7/h7-8,10,12-14,16H,3,6,9,11,15H2,1-2,4-5H3,(H2,22,24,25);3-6H,1-2H3/p+1/b13-10-,14-7-,18-12+;. The molecule has 2 rings (SSSR count). The largest absolute Gasteiger partial charge is 0.497 e. The van der Waals surface area contributed by atoms with Gasteiger partial charge in [-0.2, -0.15) is 9.67 Å². The molecule has 6 nitrogen and oxygen atoms in total. The Morgan fingerprint density at radius 3 is 2.34 bits per heavy atom. The molecule has 3 N–H and O–H groups in total. The number of nitrogens with two attached hydrogens (primary N) is 1. The van der Waals surface area contributed by atoms with E-state index < -0.39 is 0 Å². The third-order valence-corrected chi connectivity index (χ3v) is 5.05. The van der Waals surface area contributed by atoms with Crippen LogP contribution < -0.4 is 5.73 Å². The minimum atomic E-state index is 0.448. The van der Waals surface area contributed by atoms with E-state index in [0.717, 1.165) is 43.0 Å². The highest BCUT2D eigenvalue weighted by Crippen LogP contribution is 2.17. The predicted octanol–water partition coefficient (Wildman–Crippen LogP) is 6.84. The minimum absolute atomic E-state index is 0.448. The fourth-order valence-corrected chi connectivity index (χ4v) is 3.10. The Kier molecular flexibility index (Phi) is 14.2. The van der Waals surface area contributed by atoms with Crippen molar-refractivity contribution >= 4 is 22.9 Å². The molecule has 0 fully saturated rings. The molecule has 0 bridgehead atoms. The van der Waals surface area contributed by atoms with Gasteiger partial charge in [0.2, 0.25) is 5.71 Å². The monoisotopic (exact) mass is 476 g/mol. The van der Waals surface area contributed by atoms with E-state index in [1.165, 1.54) is 11.1 Å². The molecule has 35 heavy (non-hydrogen) atoms. The summed E-state index contributed by atoms with van der Waals surface area (Å²) in [5.74, 6) is 1.35. The lowest BCUT2D eigenvalue weighted by molar-refractivity contribution is -0.453. The second-order valence-electron chi connectivity index (χ2n) is 8.08. The summed E-state index contributed by atoms with van der Waals surface area (Å²) in [6.45, 7) is 15.0. The topological polar surface area (TPSA) is 79.3 Å². The van der Waals surface area contributed by atoms with Crippen molar-refractivity contribution in [1.82, 2.24) is 10.2 Å². The summed E-state index contributed by atoms with van der Waals surface area (Å²) in [4.78, 5) is 4.56. The Balaban J connectivity index is 0.000000642. The van der Waals surface area contributed by atoms with Crippen molar-refractivity contribution in [3.05, 3.63) is 90.5 Å². The maximum atomic E-state index is 5.83. The highest BCUT2D eigenvalue weighted by atomic mass is 16.5. The number of hydrogen-bond acceptors (Lipinski definition) is 4. The maximum Gasteiger partial charge on any atom is 0.225 e. The van der Waals surface area contributed by atoms with Crippen molar-refractivity contribution in [2.45, 2.75) is 53.9 Å². The maximum absolute atomic E-state index is 5.83. The lowest BCUT2D eigenvalue weighted by atomic mass is 10.2. The number of nitrogen functional groups attached to an aromatic ring is 1. The van der Waals surface area contributed by atoms with Crippen LogP contribution in [-0.2, 0) is 4.74 Å². The number of aromatic nitrogens is 2. The van der Waals surface area contributed by atoms with Crippen LogP contribution in [0.25, 0.3) is 0 Å². The summed E-state index contributed by atoms with van der Waals surface area (Å²) in [5.41, 5.74) is 10.9. The molecule has 0 saturated heterocycles. The zero-order valence-electron chi connectivity index (χ0n) is 22.2. The highest BCUT2D eigenvalue weighted by molar-refractivity contribution is 6.44. The lowest BCUT2D eigenvalue weighted by Gasteiger charge is -2.03. The number of nitrogens with zero attached hydrogens (tertiary/aromatic N) is 3. The van der Waals surface area contributed by atoms with Gasteiger partial charge < -0.3 is 10.5 Å². The van der Waals surface area contributed by atoms with Gasteiger partial charge in [0.1, 0.15) is 23.0 Å². The van der Waals surface area contributed by atoms with Crippen molar-refractivity contribution < 1.29 is 9.31 Å². The summed E-state index contributed by atoms with van der Waals surface area (Å²) in [5, 5.41) is 6.59. The van der Waals surface area contributed by atoms with Gasteiger partial charge in [-0.05, 0) is 52.3 Å². The molecule has 1 aromatic carbocycles. The number of ether oxygens (including phenoxy) is 1. The molecule has 0 aliphatic rings. The summed E-state index contributed by atoms with van der Waals surface area (Å²) >= 11 is 0. The summed E-state index contributed by atoms with van der Waals surface area (Å²) < 4.78 is 7.49. The highest BCUT2D eigenvalue weighted by Gasteiger charge is 2.13. The van der Waals surface area contributed by atoms with Crippen molar-refractivity contribution in [2.75, 3.05) is 19.4 Å². The van der Waals surface area contributed by atoms with E-state index in [1.807, 2.05) is 32.2 Å². The Morgan fingerprint density at radius 2 is 1.86 bits per heavy atom. The molecular formula is C29H42N5O+. The molecule has 0 aliphatic carbocycles. The Labute approximate surface area is 211 Å². The van der Waals surface area contributed by atoms with Crippen LogP contribution in [0.1, 0.15) is 51.2 Å². The molecule has 0 spiro atoms. The molecule has 0 amide bonds. The van der Waals surface area contributed by atoms with Crippen LogP contribution in [0.4, 0.5) is 11.5 Å². The SMILES string of the molecule is C=CC(C(C)=Nc1cn[nH]c1N)=[N+](/C=C\C)CC/C=C\C(=C/CCC)OC.Cc1ccc(C)cc1. The van der Waals surface area contributed by atoms with E-state index in [0.29, 0.717) is 11.5 Å². The summed E-state index contributed by atoms with van der Waals surface area (Å²) in [6.07, 6.45) is 16.6. The third-order valence-electron chi connectivity index (χ3n) is 5.05. The zero-order valence-corrected chi connectivity index (χ0v) is 22.2. The molecule has 0 unspecified atom stereocenters. The first-order valence-corrected chi connectivity index (χ1v) is 12.0. The van der Waals surface area contributed by atoms with Gasteiger partial charge >= 0.3 is 0 Å². The van der Waals surface area contributed by atoms with Gasteiger partial charge in [0.15, 0.2) is 12.7 Å². The lowest BCUT2D eigenvalue weighted by Crippen LogP contribution is -2.22. The summed E-state index contributed by atoms with van der Waals surface area (Å²) in [7, 11) is 1.70. The second-order valence-corrected chi connectivity index (χ2v) is 8.08. The number of methoxy groups -OCH3 is 1. The number of aromatic amines is 1. The number of aliphatic imine (C=N–C) groups is 1. The van der Waals surface area contributed by atoms with Gasteiger partial charge in [0.05, 0.1) is 13.3 Å². The Morgan fingerprint density at radius 1 is 1.20 bits per heavy atom. The third kappa shape index (κ3) is 11.3. The van der Waals surface area contributed by atoms with Crippen LogP contribution in [0.3, 0.4) is 0 Å². The van der Waals surface area contributed by atoms with Crippen LogP contribution in [0.2, 0.25) is 0 Å². The normalized spacial score (nSPS) is 13.0. The number of rotatable bonds is 11. The molecular weight excluding hydrogens is 434 g/mol. The quantitative estimate of drug-likeness (QED) is 0.161. The van der Waals surface area contributed by atoms with Crippen molar-refractivity contribution in [2.24, 2.45) is 4.99 Å². The van der Waals surface area contributed by atoms with Crippen LogP contribution >= 0.6 is 0 Å². The first kappa shape index (κ1) is 29.4. The number of allylic oxidation sites excluding steroid dienone is 4. The average Bonchev–Trinajstić information content (AvgIpc) is 3.25. The van der Waals surface area contributed by atoms with Gasteiger partial charge in [-0.15, -0.1) is 0 Å². The van der Waals surface area contributed by atoms with Crippen molar-refractivity contribution in [3.63, 3.8) is 0 Å². The van der Waals surface area contributed by atoms with Gasteiger partial charge in [0.25, 0.3) is 0 Å². The van der Waals surface area contributed by atoms with Crippen molar-refractivity contribution in [1.29, 1.82) is 0 Å². The van der Waals surface area contributed by atoms with E-state index in [4.69, 9.17) is 10.5 Å². The number of hydrogen-bond donors (Lipinski definition) is 2. The van der Waals surface area contributed by atoms with Crippen molar-refractivity contribution in [3.8, 4) is 0 Å². The number of unbranched alkanes of at least 4 members (excludes halogenated alkanes) is 1. The molecule has 1 aromatic heterocycles. The van der Waals surface area contributed by atoms with Gasteiger partial charge in [-0.3, -0.25) is 5.10 Å². The molecule has 2 aromatic rings. The zero-order chi connectivity index (χ0) is 26.1. The summed E-state index contributed by atoms with van der Waals surface area (Å²) in [6, 6.07) is 8.48. The van der Waals surface area contributed by atoms with E-state index in [1.54, 1.807) is 19.4 Å². The van der Waals surface area contributed by atoms with E-state index in [9.17, 15) is 0 Å². The number of anilines is 1. The fourth-order valence-electron chi connectivity index (χ4n) is 3.10. The first-order chi connectivity index (χ1) is 16.9. The fraction of sp³-hybridized carbons (Fsp3) is 0.345. The number of H-pyrrole nitrogens is 1. The molecule has 0 saturated carbocycles. The Bertz CT molecular complexity index is 1030. The molecule has 0 radical (unpaired) electrons. The number of aryl methyl sites for hydroxylation is 2. The molecule has 0 atom stereocenters. The van der Waals surface area contributed by atoms with Crippen LogP contribution in [0.5, 0.6) is 0 Å². The van der Waals surface area contributed by atoms with E-state index >= 15 is 0 Å². The van der Waals surface area contributed by atoms with Gasteiger partial charge in [-0.1, -0.05) is 61.4 Å². The molecule has 188 valence electrons. The molecule has 6 heteroatoms. The van der Waals surface area contributed by atoms with E-state index in [2.05, 4.69) is 83.5 Å². The van der Waals surface area contributed by atoms with Gasteiger partial charge in [0, 0.05) is 12.5 Å². The molecule has 0 aliphatic heterocycles. The number of nitrogens with one attached hydrogen (secondary N) is 1. The average molecular weight is 477 g/mol.